The lowest BCUT2D eigenvalue weighted by Gasteiger charge is -2.09. The number of imidazole rings is 1. The quantitative estimate of drug-likeness (QED) is 0.423. The zero-order chi connectivity index (χ0) is 19.0. The number of nitrogens with zero attached hydrogens (tertiary/aromatic N) is 2. The molecule has 0 spiro atoms. The smallest absolute Gasteiger partial charge is 0.261 e. The summed E-state index contributed by atoms with van der Waals surface area (Å²) in [5.41, 5.74) is 4.11. The van der Waals surface area contributed by atoms with E-state index in [1.165, 1.54) is 0 Å². The second-order valence-corrected chi connectivity index (χ2v) is 9.12. The lowest BCUT2D eigenvalue weighted by molar-refractivity contribution is 0.601. The third-order valence-corrected chi connectivity index (χ3v) is 6.33. The molecular formula is C20H16IN3O2S. The molecule has 0 bridgehead atoms. The molecule has 136 valence electrons. The molecule has 0 saturated heterocycles. The van der Waals surface area contributed by atoms with Crippen molar-refractivity contribution in [2.75, 3.05) is 4.72 Å². The van der Waals surface area contributed by atoms with Crippen LogP contribution in [0, 0.1) is 10.5 Å². The molecule has 0 aliphatic rings. The van der Waals surface area contributed by atoms with Crippen molar-refractivity contribution >= 4 is 43.9 Å². The molecule has 2 aromatic carbocycles. The lowest BCUT2D eigenvalue weighted by Crippen LogP contribution is -2.12. The van der Waals surface area contributed by atoms with Gasteiger partial charge in [0.05, 0.1) is 10.6 Å². The minimum absolute atomic E-state index is 0.233. The number of anilines is 1. The van der Waals surface area contributed by atoms with Gasteiger partial charge in [0.15, 0.2) is 0 Å². The number of hydrogen-bond donors (Lipinski definition) is 1. The maximum atomic E-state index is 12.6. The topological polar surface area (TPSA) is 63.5 Å². The second kappa shape index (κ2) is 6.97. The molecule has 4 aromatic rings. The monoisotopic (exact) mass is 489 g/mol. The molecule has 4 rings (SSSR count). The predicted molar refractivity (Wildman–Crippen MR) is 115 cm³/mol. The van der Waals surface area contributed by atoms with Gasteiger partial charge in [-0.1, -0.05) is 18.2 Å². The molecule has 2 aromatic heterocycles. The summed E-state index contributed by atoms with van der Waals surface area (Å²) in [5, 5.41) is 0. The van der Waals surface area contributed by atoms with Crippen LogP contribution in [-0.2, 0) is 10.0 Å². The van der Waals surface area contributed by atoms with E-state index in [1.807, 2.05) is 48.0 Å². The van der Waals surface area contributed by atoms with Crippen molar-refractivity contribution in [2.24, 2.45) is 0 Å². The molecule has 0 atom stereocenters. The maximum absolute atomic E-state index is 12.6. The van der Waals surface area contributed by atoms with E-state index in [1.54, 1.807) is 36.4 Å². The van der Waals surface area contributed by atoms with Gasteiger partial charge in [0.2, 0.25) is 0 Å². The summed E-state index contributed by atoms with van der Waals surface area (Å²) in [5.74, 6) is 0. The van der Waals surface area contributed by atoms with Crippen LogP contribution in [0.1, 0.15) is 5.56 Å². The van der Waals surface area contributed by atoms with Gasteiger partial charge in [-0.3, -0.25) is 4.72 Å². The highest BCUT2D eigenvalue weighted by Gasteiger charge is 2.15. The van der Waals surface area contributed by atoms with Gasteiger partial charge in [-0.15, -0.1) is 0 Å². The Balaban J connectivity index is 1.67. The first kappa shape index (κ1) is 18.0. The van der Waals surface area contributed by atoms with Crippen molar-refractivity contribution in [3.8, 4) is 11.3 Å². The van der Waals surface area contributed by atoms with Crippen molar-refractivity contribution in [1.82, 2.24) is 9.38 Å². The largest absolute Gasteiger partial charge is 0.306 e. The van der Waals surface area contributed by atoms with Crippen LogP contribution in [0.2, 0.25) is 0 Å². The first-order valence-corrected chi connectivity index (χ1v) is 10.8. The van der Waals surface area contributed by atoms with Crippen molar-refractivity contribution in [3.63, 3.8) is 0 Å². The molecule has 0 radical (unpaired) electrons. The van der Waals surface area contributed by atoms with Crippen LogP contribution >= 0.6 is 22.6 Å². The van der Waals surface area contributed by atoms with E-state index in [0.717, 1.165) is 26.0 Å². The van der Waals surface area contributed by atoms with Crippen LogP contribution in [-0.4, -0.2) is 17.8 Å². The zero-order valence-electron chi connectivity index (χ0n) is 14.4. The van der Waals surface area contributed by atoms with Gasteiger partial charge in [-0.05, 0) is 77.5 Å². The Hall–Kier alpha value is -2.39. The average molecular weight is 489 g/mol. The molecular weight excluding hydrogens is 473 g/mol. The SMILES string of the molecule is Cc1cccn2cc(-c3cccc(NS(=O)(=O)c4ccc(I)cc4)c3)nc12. The van der Waals surface area contributed by atoms with Crippen LogP contribution in [0.4, 0.5) is 5.69 Å². The third kappa shape index (κ3) is 3.70. The Bertz CT molecular complexity index is 1230. The molecule has 27 heavy (non-hydrogen) atoms. The van der Waals surface area contributed by atoms with Crippen LogP contribution in [0.3, 0.4) is 0 Å². The summed E-state index contributed by atoms with van der Waals surface area (Å²) in [4.78, 5) is 4.91. The number of pyridine rings is 1. The number of nitrogens with one attached hydrogen (secondary N) is 1. The van der Waals surface area contributed by atoms with Crippen molar-refractivity contribution < 1.29 is 8.42 Å². The number of fused-ring (bicyclic) bond motifs is 1. The molecule has 7 heteroatoms. The normalized spacial score (nSPS) is 11.6. The molecule has 2 heterocycles. The zero-order valence-corrected chi connectivity index (χ0v) is 17.4. The van der Waals surface area contributed by atoms with E-state index in [2.05, 4.69) is 32.3 Å². The number of halogens is 1. The van der Waals surface area contributed by atoms with E-state index < -0.39 is 10.0 Å². The third-order valence-electron chi connectivity index (χ3n) is 4.21. The Kier molecular flexibility index (Phi) is 4.65. The minimum atomic E-state index is -3.64. The highest BCUT2D eigenvalue weighted by atomic mass is 127. The summed E-state index contributed by atoms with van der Waals surface area (Å²) >= 11 is 2.14. The van der Waals surface area contributed by atoms with E-state index in [-0.39, 0.29) is 4.90 Å². The molecule has 0 amide bonds. The number of aryl methyl sites for hydroxylation is 1. The standard InChI is InChI=1S/C20H16IN3O2S/c1-14-4-3-11-24-13-19(22-20(14)24)15-5-2-6-17(12-15)23-27(25,26)18-9-7-16(21)8-10-18/h2-13,23H,1H3. The first-order chi connectivity index (χ1) is 12.9. The molecule has 0 aliphatic heterocycles. The van der Waals surface area contributed by atoms with Gasteiger partial charge < -0.3 is 4.40 Å². The molecule has 0 saturated carbocycles. The van der Waals surface area contributed by atoms with Gasteiger partial charge in [-0.2, -0.15) is 0 Å². The summed E-state index contributed by atoms with van der Waals surface area (Å²) in [6.07, 6.45) is 3.89. The minimum Gasteiger partial charge on any atom is -0.306 e. The number of sulfonamides is 1. The van der Waals surface area contributed by atoms with E-state index in [0.29, 0.717) is 5.69 Å². The summed E-state index contributed by atoms with van der Waals surface area (Å²) in [6.45, 7) is 2.01. The molecule has 0 aliphatic carbocycles. The van der Waals surface area contributed by atoms with Crippen molar-refractivity contribution in [3.05, 3.63) is 82.2 Å². The van der Waals surface area contributed by atoms with Gasteiger partial charge in [0.25, 0.3) is 10.0 Å². The van der Waals surface area contributed by atoms with Crippen LogP contribution in [0.25, 0.3) is 16.9 Å². The fourth-order valence-electron chi connectivity index (χ4n) is 2.86. The van der Waals surface area contributed by atoms with Crippen molar-refractivity contribution in [1.29, 1.82) is 0 Å². The fourth-order valence-corrected chi connectivity index (χ4v) is 4.27. The summed E-state index contributed by atoms with van der Waals surface area (Å²) < 4.78 is 30.8. The Morgan fingerprint density at radius 3 is 2.56 bits per heavy atom. The van der Waals surface area contributed by atoms with Crippen LogP contribution in [0.15, 0.2) is 78.0 Å². The maximum Gasteiger partial charge on any atom is 0.261 e. The molecule has 0 fully saturated rings. The summed E-state index contributed by atoms with van der Waals surface area (Å²) in [7, 11) is -3.64. The highest BCUT2D eigenvalue weighted by Crippen LogP contribution is 2.25. The predicted octanol–water partition coefficient (Wildman–Crippen LogP) is 4.72. The molecule has 5 nitrogen and oxygen atoms in total. The molecule has 0 unspecified atom stereocenters. The average Bonchev–Trinajstić information content (AvgIpc) is 3.08. The van der Waals surface area contributed by atoms with Gasteiger partial charge in [-0.25, -0.2) is 13.4 Å². The van der Waals surface area contributed by atoms with Gasteiger partial charge >= 0.3 is 0 Å². The van der Waals surface area contributed by atoms with Crippen LogP contribution < -0.4 is 4.72 Å². The second-order valence-electron chi connectivity index (χ2n) is 6.19. The van der Waals surface area contributed by atoms with Crippen molar-refractivity contribution in [2.45, 2.75) is 11.8 Å². The Morgan fingerprint density at radius 2 is 1.81 bits per heavy atom. The van der Waals surface area contributed by atoms with E-state index >= 15 is 0 Å². The van der Waals surface area contributed by atoms with Crippen LogP contribution in [0.5, 0.6) is 0 Å². The van der Waals surface area contributed by atoms with Gasteiger partial charge in [0.1, 0.15) is 5.65 Å². The summed E-state index contributed by atoms with van der Waals surface area (Å²) in [6, 6.07) is 18.0. The number of rotatable bonds is 4. The lowest BCUT2D eigenvalue weighted by atomic mass is 10.1. The molecule has 1 N–H and O–H groups in total. The fraction of sp³-hybridized carbons (Fsp3) is 0.0500. The highest BCUT2D eigenvalue weighted by molar-refractivity contribution is 14.1. The number of hydrogen-bond acceptors (Lipinski definition) is 3. The van der Waals surface area contributed by atoms with E-state index in [9.17, 15) is 8.42 Å². The Labute approximate surface area is 171 Å². The van der Waals surface area contributed by atoms with E-state index in [4.69, 9.17) is 0 Å². The first-order valence-electron chi connectivity index (χ1n) is 8.25. The Morgan fingerprint density at radius 1 is 1.04 bits per heavy atom. The number of aromatic nitrogens is 2. The van der Waals surface area contributed by atoms with Gasteiger partial charge in [0, 0.05) is 27.2 Å². The number of benzene rings is 2.